The molecule has 0 saturated carbocycles. The number of nitrogens with zero attached hydrogens (tertiary/aromatic N) is 1. The summed E-state index contributed by atoms with van der Waals surface area (Å²) in [6.45, 7) is 7.69. The van der Waals surface area contributed by atoms with Crippen molar-refractivity contribution in [2.75, 3.05) is 13.1 Å². The third kappa shape index (κ3) is 2.86. The number of hydrogen-bond donors (Lipinski definition) is 1. The van der Waals surface area contributed by atoms with E-state index in [1.54, 1.807) is 6.26 Å². The molecule has 0 aromatic carbocycles. The van der Waals surface area contributed by atoms with Gasteiger partial charge in [0.2, 0.25) is 0 Å². The lowest BCUT2D eigenvalue weighted by atomic mass is 9.98. The van der Waals surface area contributed by atoms with Gasteiger partial charge in [0, 0.05) is 18.6 Å². The molecule has 1 fully saturated rings. The highest BCUT2D eigenvalue weighted by Crippen LogP contribution is 2.19. The average Bonchev–Trinajstić information content (AvgIpc) is 2.75. The average molecular weight is 222 g/mol. The van der Waals surface area contributed by atoms with Crippen molar-refractivity contribution >= 4 is 0 Å². The maximum atomic E-state index is 5.40. The van der Waals surface area contributed by atoms with Crippen LogP contribution in [-0.4, -0.2) is 30.1 Å². The van der Waals surface area contributed by atoms with Crippen LogP contribution in [0.15, 0.2) is 22.8 Å². The van der Waals surface area contributed by atoms with Crippen LogP contribution in [0.5, 0.6) is 0 Å². The van der Waals surface area contributed by atoms with E-state index in [9.17, 15) is 0 Å². The predicted octanol–water partition coefficient (Wildman–Crippen LogP) is 2.24. The Labute approximate surface area is 97.8 Å². The first-order valence-corrected chi connectivity index (χ1v) is 6.29. The molecule has 1 aliphatic rings. The van der Waals surface area contributed by atoms with Crippen molar-refractivity contribution in [3.8, 4) is 0 Å². The first kappa shape index (κ1) is 11.7. The van der Waals surface area contributed by atoms with Gasteiger partial charge in [0.25, 0.3) is 0 Å². The minimum absolute atomic E-state index is 0.642. The second-order valence-corrected chi connectivity index (χ2v) is 4.68. The fraction of sp³-hybridized carbons (Fsp3) is 0.692. The number of hydrogen-bond acceptors (Lipinski definition) is 3. The minimum atomic E-state index is 0.642. The molecule has 2 unspecified atom stereocenters. The van der Waals surface area contributed by atoms with Gasteiger partial charge in [-0.25, -0.2) is 0 Å². The van der Waals surface area contributed by atoms with E-state index < -0.39 is 0 Å². The normalized spacial score (nSPS) is 27.1. The molecule has 0 amide bonds. The third-order valence-corrected chi connectivity index (χ3v) is 3.45. The Hall–Kier alpha value is -0.800. The molecule has 16 heavy (non-hydrogen) atoms. The molecule has 2 atom stereocenters. The smallest absolute Gasteiger partial charge is 0.117 e. The Balaban J connectivity index is 1.84. The molecule has 3 heteroatoms. The van der Waals surface area contributed by atoms with E-state index in [1.165, 1.54) is 19.4 Å². The number of likely N-dealkylation sites (tertiary alicyclic amines) is 1. The monoisotopic (exact) mass is 222 g/mol. The van der Waals surface area contributed by atoms with Gasteiger partial charge >= 0.3 is 0 Å². The second-order valence-electron chi connectivity index (χ2n) is 4.68. The zero-order valence-corrected chi connectivity index (χ0v) is 10.3. The molecule has 1 N–H and O–H groups in total. The topological polar surface area (TPSA) is 28.4 Å². The van der Waals surface area contributed by atoms with E-state index in [1.807, 2.05) is 6.07 Å². The quantitative estimate of drug-likeness (QED) is 0.847. The van der Waals surface area contributed by atoms with Crippen molar-refractivity contribution in [1.82, 2.24) is 10.2 Å². The number of piperidine rings is 1. The highest BCUT2D eigenvalue weighted by Gasteiger charge is 2.25. The SMILES string of the molecule is CCNC1CCN(Cc2ccco2)C(C)C1. The van der Waals surface area contributed by atoms with Gasteiger partial charge in [0.15, 0.2) is 0 Å². The zero-order valence-electron chi connectivity index (χ0n) is 10.3. The maximum Gasteiger partial charge on any atom is 0.117 e. The summed E-state index contributed by atoms with van der Waals surface area (Å²) >= 11 is 0. The van der Waals surface area contributed by atoms with Crippen molar-refractivity contribution in [3.63, 3.8) is 0 Å². The third-order valence-electron chi connectivity index (χ3n) is 3.45. The zero-order chi connectivity index (χ0) is 11.4. The molecular weight excluding hydrogens is 200 g/mol. The summed E-state index contributed by atoms with van der Waals surface area (Å²) in [7, 11) is 0. The van der Waals surface area contributed by atoms with Crippen LogP contribution in [0.4, 0.5) is 0 Å². The summed E-state index contributed by atoms with van der Waals surface area (Å²) in [4.78, 5) is 2.51. The molecular formula is C13H22N2O. The lowest BCUT2D eigenvalue weighted by Crippen LogP contribution is -2.46. The van der Waals surface area contributed by atoms with Crippen molar-refractivity contribution < 1.29 is 4.42 Å². The Morgan fingerprint density at radius 3 is 3.06 bits per heavy atom. The molecule has 90 valence electrons. The minimum Gasteiger partial charge on any atom is -0.468 e. The molecule has 2 heterocycles. The molecule has 1 aliphatic heterocycles. The van der Waals surface area contributed by atoms with Gasteiger partial charge in [-0.2, -0.15) is 0 Å². The van der Waals surface area contributed by atoms with Gasteiger partial charge in [-0.1, -0.05) is 6.92 Å². The molecule has 1 aromatic heterocycles. The first-order chi connectivity index (χ1) is 7.79. The van der Waals surface area contributed by atoms with E-state index in [-0.39, 0.29) is 0 Å². The first-order valence-electron chi connectivity index (χ1n) is 6.29. The van der Waals surface area contributed by atoms with Crippen LogP contribution in [0.3, 0.4) is 0 Å². The van der Waals surface area contributed by atoms with Gasteiger partial charge in [0.05, 0.1) is 12.8 Å². The number of nitrogens with one attached hydrogen (secondary N) is 1. The summed E-state index contributed by atoms with van der Waals surface area (Å²) in [5, 5.41) is 3.54. The van der Waals surface area contributed by atoms with Crippen LogP contribution >= 0.6 is 0 Å². The fourth-order valence-electron chi connectivity index (χ4n) is 2.53. The largest absolute Gasteiger partial charge is 0.468 e. The van der Waals surface area contributed by atoms with Crippen LogP contribution < -0.4 is 5.32 Å². The van der Waals surface area contributed by atoms with Crippen molar-refractivity contribution in [1.29, 1.82) is 0 Å². The summed E-state index contributed by atoms with van der Waals surface area (Å²) < 4.78 is 5.40. The van der Waals surface area contributed by atoms with Gasteiger partial charge in [-0.15, -0.1) is 0 Å². The molecule has 0 spiro atoms. The van der Waals surface area contributed by atoms with E-state index in [0.717, 1.165) is 18.8 Å². The van der Waals surface area contributed by atoms with Crippen molar-refractivity contribution in [2.24, 2.45) is 0 Å². The molecule has 2 rings (SSSR count). The molecule has 1 saturated heterocycles. The summed E-state index contributed by atoms with van der Waals surface area (Å²) in [5.41, 5.74) is 0. The second kappa shape index (κ2) is 5.51. The van der Waals surface area contributed by atoms with Crippen LogP contribution in [0.2, 0.25) is 0 Å². The lowest BCUT2D eigenvalue weighted by Gasteiger charge is -2.37. The van der Waals surface area contributed by atoms with Crippen LogP contribution in [0, 0.1) is 0 Å². The highest BCUT2D eigenvalue weighted by molar-refractivity contribution is 4.99. The Morgan fingerprint density at radius 1 is 1.56 bits per heavy atom. The van der Waals surface area contributed by atoms with E-state index >= 15 is 0 Å². The van der Waals surface area contributed by atoms with E-state index in [4.69, 9.17) is 4.42 Å². The standard InChI is InChI=1S/C13H22N2O/c1-3-14-12-6-7-15(11(2)9-12)10-13-5-4-8-16-13/h4-5,8,11-12,14H,3,6-7,9-10H2,1-2H3. The van der Waals surface area contributed by atoms with Crippen molar-refractivity contribution in [2.45, 2.75) is 45.3 Å². The van der Waals surface area contributed by atoms with Gasteiger partial charge in [-0.05, 0) is 38.4 Å². The summed E-state index contributed by atoms with van der Waals surface area (Å²) in [6.07, 6.45) is 4.25. The summed E-state index contributed by atoms with van der Waals surface area (Å²) in [5.74, 6) is 1.08. The molecule has 0 bridgehead atoms. The fourth-order valence-corrected chi connectivity index (χ4v) is 2.53. The van der Waals surface area contributed by atoms with Gasteiger partial charge in [-0.3, -0.25) is 4.90 Å². The predicted molar refractivity (Wildman–Crippen MR) is 65.3 cm³/mol. The van der Waals surface area contributed by atoms with Gasteiger partial charge < -0.3 is 9.73 Å². The lowest BCUT2D eigenvalue weighted by molar-refractivity contribution is 0.120. The van der Waals surface area contributed by atoms with Gasteiger partial charge in [0.1, 0.15) is 5.76 Å². The molecule has 1 aromatic rings. The number of rotatable bonds is 4. The molecule has 3 nitrogen and oxygen atoms in total. The Bertz CT molecular complexity index is 297. The maximum absolute atomic E-state index is 5.40. The van der Waals surface area contributed by atoms with Crippen LogP contribution in [0.25, 0.3) is 0 Å². The van der Waals surface area contributed by atoms with E-state index in [0.29, 0.717) is 12.1 Å². The summed E-state index contributed by atoms with van der Waals surface area (Å²) in [6, 6.07) is 5.37. The van der Waals surface area contributed by atoms with Crippen LogP contribution in [0.1, 0.15) is 32.4 Å². The molecule has 0 aliphatic carbocycles. The highest BCUT2D eigenvalue weighted by atomic mass is 16.3. The Morgan fingerprint density at radius 2 is 2.44 bits per heavy atom. The molecule has 0 radical (unpaired) electrons. The van der Waals surface area contributed by atoms with E-state index in [2.05, 4.69) is 30.1 Å². The Kier molecular flexibility index (Phi) is 4.02. The van der Waals surface area contributed by atoms with Crippen LogP contribution in [-0.2, 0) is 6.54 Å². The number of furan rings is 1. The van der Waals surface area contributed by atoms with Crippen molar-refractivity contribution in [3.05, 3.63) is 24.2 Å².